The molecule has 0 unspecified atom stereocenters. The molecule has 0 aliphatic rings. The predicted octanol–water partition coefficient (Wildman–Crippen LogP) is 5.26. The van der Waals surface area contributed by atoms with Crippen LogP contribution in [-0.2, 0) is 16.2 Å². The molecule has 0 radical (unpaired) electrons. The second-order valence-corrected chi connectivity index (χ2v) is 6.95. The van der Waals surface area contributed by atoms with E-state index >= 15 is 0 Å². The molecule has 0 atom stereocenters. The molecule has 0 aromatic heterocycles. The fraction of sp³-hybridized carbons (Fsp3) is 0.400. The molecule has 0 bridgehead atoms. The van der Waals surface area contributed by atoms with Crippen LogP contribution in [0, 0.1) is 13.8 Å². The third kappa shape index (κ3) is 9.13. The van der Waals surface area contributed by atoms with Crippen LogP contribution in [0.5, 0.6) is 17.2 Å². The zero-order chi connectivity index (χ0) is 22.3. The quantitative estimate of drug-likeness (QED) is 0.178. The van der Waals surface area contributed by atoms with E-state index in [1.807, 2.05) is 69.3 Å². The van der Waals surface area contributed by atoms with Crippen molar-refractivity contribution in [2.45, 2.75) is 33.8 Å². The summed E-state index contributed by atoms with van der Waals surface area (Å²) in [5, 5.41) is 3.64. The van der Waals surface area contributed by atoms with E-state index in [1.165, 1.54) is 7.11 Å². The highest BCUT2D eigenvalue weighted by Crippen LogP contribution is 2.28. The largest absolute Gasteiger partial charge is 0.493 e. The molecule has 2 aromatic rings. The molecule has 168 valence electrons. The van der Waals surface area contributed by atoms with E-state index in [-0.39, 0.29) is 0 Å². The van der Waals surface area contributed by atoms with Gasteiger partial charge in [-0.3, -0.25) is 0 Å². The van der Waals surface area contributed by atoms with Gasteiger partial charge in [0.25, 0.3) is 0 Å². The van der Waals surface area contributed by atoms with E-state index in [9.17, 15) is 0 Å². The maximum atomic E-state index is 6.00. The summed E-state index contributed by atoms with van der Waals surface area (Å²) >= 11 is 0. The van der Waals surface area contributed by atoms with Gasteiger partial charge in [-0.15, -0.1) is 0 Å². The fourth-order valence-corrected chi connectivity index (χ4v) is 2.94. The Morgan fingerprint density at radius 1 is 0.903 bits per heavy atom. The van der Waals surface area contributed by atoms with Crippen LogP contribution >= 0.6 is 0 Å². The SMILES string of the molecule is C/C=C/COc1cc(C)c(OCCCOc2cccc(COCC=NOC)c2)c(C)c1. The lowest BCUT2D eigenvalue weighted by atomic mass is 10.1. The lowest BCUT2D eigenvalue weighted by Gasteiger charge is -2.14. The van der Waals surface area contributed by atoms with Gasteiger partial charge in [0, 0.05) is 6.42 Å². The minimum Gasteiger partial charge on any atom is -0.493 e. The standard InChI is InChI=1S/C25H33NO5/c1-5-6-12-30-24-16-20(2)25(21(3)17-24)31-14-8-13-29-23-10-7-9-22(18-23)19-28-15-11-26-27-4/h5-7,9-11,16-18H,8,12-15,19H2,1-4H3/b6-5+,26-11?. The van der Waals surface area contributed by atoms with Gasteiger partial charge >= 0.3 is 0 Å². The van der Waals surface area contributed by atoms with E-state index in [0.717, 1.165) is 40.4 Å². The van der Waals surface area contributed by atoms with E-state index < -0.39 is 0 Å². The highest BCUT2D eigenvalue weighted by molar-refractivity contribution is 5.57. The van der Waals surface area contributed by atoms with Crippen molar-refractivity contribution in [1.82, 2.24) is 0 Å². The Morgan fingerprint density at radius 3 is 2.42 bits per heavy atom. The maximum Gasteiger partial charge on any atom is 0.125 e. The third-order valence-electron chi connectivity index (χ3n) is 4.36. The molecule has 0 spiro atoms. The van der Waals surface area contributed by atoms with Crippen LogP contribution in [0.2, 0.25) is 0 Å². The second-order valence-electron chi connectivity index (χ2n) is 6.95. The summed E-state index contributed by atoms with van der Waals surface area (Å²) in [4.78, 5) is 4.59. The minimum atomic E-state index is 0.401. The number of ether oxygens (including phenoxy) is 4. The molecule has 2 aromatic carbocycles. The Morgan fingerprint density at radius 2 is 1.68 bits per heavy atom. The Labute approximate surface area is 185 Å². The van der Waals surface area contributed by atoms with Gasteiger partial charge in [0.2, 0.25) is 0 Å². The minimum absolute atomic E-state index is 0.401. The number of rotatable bonds is 14. The van der Waals surface area contributed by atoms with Crippen molar-refractivity contribution in [1.29, 1.82) is 0 Å². The van der Waals surface area contributed by atoms with Gasteiger partial charge in [-0.1, -0.05) is 29.4 Å². The fourth-order valence-electron chi connectivity index (χ4n) is 2.94. The maximum absolute atomic E-state index is 6.00. The number of benzene rings is 2. The zero-order valence-corrected chi connectivity index (χ0v) is 18.9. The number of hydrogen-bond donors (Lipinski definition) is 0. The van der Waals surface area contributed by atoms with Crippen LogP contribution in [0.4, 0.5) is 0 Å². The molecule has 6 nitrogen and oxygen atoms in total. The van der Waals surface area contributed by atoms with Crippen molar-refractivity contribution in [3.8, 4) is 17.2 Å². The van der Waals surface area contributed by atoms with E-state index in [4.69, 9.17) is 18.9 Å². The van der Waals surface area contributed by atoms with Gasteiger partial charge in [0.1, 0.15) is 31.0 Å². The molecule has 0 saturated heterocycles. The smallest absolute Gasteiger partial charge is 0.125 e. The van der Waals surface area contributed by atoms with E-state index in [2.05, 4.69) is 9.99 Å². The number of allylic oxidation sites excluding steroid dienone is 1. The summed E-state index contributed by atoms with van der Waals surface area (Å²) in [5.41, 5.74) is 3.18. The summed E-state index contributed by atoms with van der Waals surface area (Å²) in [6.07, 6.45) is 6.32. The second kappa shape index (κ2) is 14.1. The van der Waals surface area contributed by atoms with Gasteiger partial charge in [-0.05, 0) is 61.7 Å². The third-order valence-corrected chi connectivity index (χ3v) is 4.36. The summed E-state index contributed by atoms with van der Waals surface area (Å²) in [7, 11) is 1.50. The summed E-state index contributed by atoms with van der Waals surface area (Å²) in [6.45, 7) is 8.68. The molecule has 6 heteroatoms. The normalized spacial score (nSPS) is 11.2. The van der Waals surface area contributed by atoms with Crippen molar-refractivity contribution < 1.29 is 23.8 Å². The Hall–Kier alpha value is -2.99. The average molecular weight is 428 g/mol. The first-order chi connectivity index (χ1) is 15.1. The van der Waals surface area contributed by atoms with Crippen LogP contribution < -0.4 is 14.2 Å². The first-order valence-corrected chi connectivity index (χ1v) is 10.5. The lowest BCUT2D eigenvalue weighted by molar-refractivity contribution is 0.154. The molecule has 0 aliphatic heterocycles. The van der Waals surface area contributed by atoms with Crippen LogP contribution in [0.25, 0.3) is 0 Å². The van der Waals surface area contributed by atoms with E-state index in [0.29, 0.717) is 33.0 Å². The highest BCUT2D eigenvalue weighted by atomic mass is 16.6. The Kier molecular flexibility index (Phi) is 11.0. The first-order valence-electron chi connectivity index (χ1n) is 10.5. The molecule has 0 fully saturated rings. The van der Waals surface area contributed by atoms with E-state index in [1.54, 1.807) is 6.21 Å². The van der Waals surface area contributed by atoms with Crippen molar-refractivity contribution >= 4 is 6.21 Å². The van der Waals surface area contributed by atoms with Gasteiger partial charge in [0.15, 0.2) is 0 Å². The molecule has 31 heavy (non-hydrogen) atoms. The van der Waals surface area contributed by atoms with Crippen molar-refractivity contribution in [2.24, 2.45) is 5.16 Å². The highest BCUT2D eigenvalue weighted by Gasteiger charge is 2.07. The molecule has 0 amide bonds. The number of nitrogens with zero attached hydrogens (tertiary/aromatic N) is 1. The van der Waals surface area contributed by atoms with Crippen LogP contribution in [0.1, 0.15) is 30.0 Å². The molecule has 2 rings (SSSR count). The summed E-state index contributed by atoms with van der Waals surface area (Å²) in [6, 6.07) is 11.9. The van der Waals surface area contributed by atoms with Crippen LogP contribution in [0.3, 0.4) is 0 Å². The molecular formula is C25H33NO5. The molecule has 0 N–H and O–H groups in total. The van der Waals surface area contributed by atoms with Gasteiger partial charge in [-0.2, -0.15) is 0 Å². The molecule has 0 saturated carbocycles. The summed E-state index contributed by atoms with van der Waals surface area (Å²) < 4.78 is 23.1. The number of hydrogen-bond acceptors (Lipinski definition) is 6. The topological polar surface area (TPSA) is 58.5 Å². The van der Waals surface area contributed by atoms with Gasteiger partial charge in [0.05, 0.1) is 32.6 Å². The van der Waals surface area contributed by atoms with Crippen molar-refractivity contribution in [2.75, 3.05) is 33.5 Å². The van der Waals surface area contributed by atoms with Gasteiger partial charge in [-0.25, -0.2) is 0 Å². The monoisotopic (exact) mass is 427 g/mol. The molecular weight excluding hydrogens is 394 g/mol. The van der Waals surface area contributed by atoms with Gasteiger partial charge < -0.3 is 23.8 Å². The zero-order valence-electron chi connectivity index (χ0n) is 18.9. The number of aryl methyl sites for hydroxylation is 2. The molecule has 0 heterocycles. The Bertz CT molecular complexity index is 825. The number of oxime groups is 1. The van der Waals surface area contributed by atoms with Crippen LogP contribution in [-0.4, -0.2) is 39.8 Å². The van der Waals surface area contributed by atoms with Crippen molar-refractivity contribution in [3.05, 3.63) is 65.2 Å². The lowest BCUT2D eigenvalue weighted by Crippen LogP contribution is -2.07. The van der Waals surface area contributed by atoms with Crippen LogP contribution in [0.15, 0.2) is 53.7 Å². The summed E-state index contributed by atoms with van der Waals surface area (Å²) in [5.74, 6) is 2.59. The molecule has 0 aliphatic carbocycles. The van der Waals surface area contributed by atoms with Crippen molar-refractivity contribution in [3.63, 3.8) is 0 Å². The Balaban J connectivity index is 1.73. The predicted molar refractivity (Wildman–Crippen MR) is 123 cm³/mol. The first kappa shape index (κ1) is 24.3. The average Bonchev–Trinajstić information content (AvgIpc) is 2.75.